The van der Waals surface area contributed by atoms with Crippen LogP contribution in [-0.2, 0) is 16.1 Å². The predicted octanol–water partition coefficient (Wildman–Crippen LogP) is 2.40. The van der Waals surface area contributed by atoms with E-state index in [0.29, 0.717) is 48.1 Å². The first-order chi connectivity index (χ1) is 13.9. The number of rotatable bonds is 10. The van der Waals surface area contributed by atoms with Crippen molar-refractivity contribution >= 4 is 34.6 Å². The molecular formula is C20H28N4O4S. The van der Waals surface area contributed by atoms with Crippen LogP contribution in [0, 0.1) is 5.92 Å². The van der Waals surface area contributed by atoms with Crippen molar-refractivity contribution in [2.45, 2.75) is 38.4 Å². The van der Waals surface area contributed by atoms with Gasteiger partial charge in [0, 0.05) is 26.8 Å². The third-order valence-electron chi connectivity index (χ3n) is 4.15. The van der Waals surface area contributed by atoms with E-state index >= 15 is 0 Å². The first kappa shape index (κ1) is 22.9. The zero-order valence-electron chi connectivity index (χ0n) is 17.1. The number of imide groups is 1. The lowest BCUT2D eigenvalue weighted by Crippen LogP contribution is -2.41. The Hall–Kier alpha value is -2.39. The quantitative estimate of drug-likeness (QED) is 0.348. The van der Waals surface area contributed by atoms with Gasteiger partial charge in [-0.2, -0.15) is 0 Å². The fourth-order valence-electron chi connectivity index (χ4n) is 2.63. The summed E-state index contributed by atoms with van der Waals surface area (Å²) in [6, 6.07) is 6.60. The van der Waals surface area contributed by atoms with E-state index in [2.05, 4.69) is 29.5 Å². The SMILES string of the molecule is COCCCn1c(SCC(=O)NC(=O)NCCC(C)C)nc2ccccc2c1=O. The number of hydrogen-bond acceptors (Lipinski definition) is 6. The second-order valence-corrected chi connectivity index (χ2v) is 7.93. The van der Waals surface area contributed by atoms with E-state index in [-0.39, 0.29) is 11.3 Å². The molecule has 0 aliphatic carbocycles. The summed E-state index contributed by atoms with van der Waals surface area (Å²) in [5.74, 6) is 0.00501. The molecule has 9 heteroatoms. The van der Waals surface area contributed by atoms with Gasteiger partial charge >= 0.3 is 6.03 Å². The number of carbonyl (C=O) groups excluding carboxylic acids is 2. The normalized spacial score (nSPS) is 11.0. The molecule has 0 saturated carbocycles. The molecule has 2 N–H and O–H groups in total. The average Bonchev–Trinajstić information content (AvgIpc) is 2.68. The van der Waals surface area contributed by atoms with Gasteiger partial charge in [0.2, 0.25) is 5.91 Å². The molecule has 1 heterocycles. The number of hydrogen-bond donors (Lipinski definition) is 2. The Morgan fingerprint density at radius 3 is 2.76 bits per heavy atom. The van der Waals surface area contributed by atoms with Gasteiger partial charge in [-0.05, 0) is 30.9 Å². The van der Waals surface area contributed by atoms with Gasteiger partial charge in [-0.1, -0.05) is 37.7 Å². The van der Waals surface area contributed by atoms with E-state index in [0.717, 1.165) is 18.2 Å². The van der Waals surface area contributed by atoms with Gasteiger partial charge in [-0.3, -0.25) is 19.5 Å². The molecule has 1 aromatic carbocycles. The first-order valence-corrected chi connectivity index (χ1v) is 10.6. The van der Waals surface area contributed by atoms with Crippen LogP contribution in [-0.4, -0.2) is 47.5 Å². The Kier molecular flexibility index (Phi) is 9.14. The van der Waals surface area contributed by atoms with Crippen molar-refractivity contribution in [2.75, 3.05) is 26.0 Å². The largest absolute Gasteiger partial charge is 0.385 e. The van der Waals surface area contributed by atoms with Crippen LogP contribution < -0.4 is 16.2 Å². The Labute approximate surface area is 174 Å². The van der Waals surface area contributed by atoms with Crippen molar-refractivity contribution in [3.8, 4) is 0 Å². The van der Waals surface area contributed by atoms with E-state index in [1.807, 2.05) is 6.07 Å². The molecule has 2 rings (SSSR count). The molecule has 0 atom stereocenters. The van der Waals surface area contributed by atoms with Crippen LogP contribution >= 0.6 is 11.8 Å². The third-order valence-corrected chi connectivity index (χ3v) is 5.13. The summed E-state index contributed by atoms with van der Waals surface area (Å²) < 4.78 is 6.63. The van der Waals surface area contributed by atoms with E-state index in [9.17, 15) is 14.4 Å². The van der Waals surface area contributed by atoms with Crippen LogP contribution in [0.25, 0.3) is 10.9 Å². The minimum absolute atomic E-state index is 0.0212. The number of fused-ring (bicyclic) bond motifs is 1. The maximum Gasteiger partial charge on any atom is 0.321 e. The molecule has 0 unspecified atom stereocenters. The molecule has 158 valence electrons. The van der Waals surface area contributed by atoms with Crippen molar-refractivity contribution in [1.29, 1.82) is 0 Å². The number of thioether (sulfide) groups is 1. The van der Waals surface area contributed by atoms with Gasteiger partial charge in [0.15, 0.2) is 5.16 Å². The molecular weight excluding hydrogens is 392 g/mol. The highest BCUT2D eigenvalue weighted by molar-refractivity contribution is 7.99. The lowest BCUT2D eigenvalue weighted by atomic mass is 10.1. The number of carbonyl (C=O) groups is 2. The predicted molar refractivity (Wildman–Crippen MR) is 114 cm³/mol. The van der Waals surface area contributed by atoms with Crippen LogP contribution in [0.15, 0.2) is 34.2 Å². The van der Waals surface area contributed by atoms with Crippen LogP contribution in [0.2, 0.25) is 0 Å². The van der Waals surface area contributed by atoms with Crippen molar-refractivity contribution in [3.63, 3.8) is 0 Å². The number of urea groups is 1. The van der Waals surface area contributed by atoms with Crippen LogP contribution in [0.4, 0.5) is 4.79 Å². The lowest BCUT2D eigenvalue weighted by molar-refractivity contribution is -0.117. The number of benzene rings is 1. The number of nitrogens with one attached hydrogen (secondary N) is 2. The van der Waals surface area contributed by atoms with Gasteiger partial charge < -0.3 is 10.1 Å². The number of nitrogens with zero attached hydrogens (tertiary/aromatic N) is 2. The fraction of sp³-hybridized carbons (Fsp3) is 0.500. The highest BCUT2D eigenvalue weighted by atomic mass is 32.2. The lowest BCUT2D eigenvalue weighted by Gasteiger charge is -2.13. The summed E-state index contributed by atoms with van der Waals surface area (Å²) in [5.41, 5.74) is 0.427. The van der Waals surface area contributed by atoms with E-state index in [4.69, 9.17) is 4.74 Å². The zero-order valence-corrected chi connectivity index (χ0v) is 17.9. The second-order valence-electron chi connectivity index (χ2n) is 6.99. The Bertz CT molecular complexity index is 898. The monoisotopic (exact) mass is 420 g/mol. The average molecular weight is 421 g/mol. The van der Waals surface area contributed by atoms with Gasteiger partial charge in [0.05, 0.1) is 16.7 Å². The molecule has 0 bridgehead atoms. The summed E-state index contributed by atoms with van der Waals surface area (Å²) in [6.07, 6.45) is 1.49. The maximum atomic E-state index is 12.8. The Morgan fingerprint density at radius 2 is 2.03 bits per heavy atom. The smallest absolute Gasteiger partial charge is 0.321 e. The highest BCUT2D eigenvalue weighted by Gasteiger charge is 2.14. The van der Waals surface area contributed by atoms with E-state index < -0.39 is 11.9 Å². The summed E-state index contributed by atoms with van der Waals surface area (Å²) >= 11 is 1.13. The van der Waals surface area contributed by atoms with Gasteiger partial charge in [0.1, 0.15) is 0 Å². The summed E-state index contributed by atoms with van der Waals surface area (Å²) in [7, 11) is 1.60. The first-order valence-electron chi connectivity index (χ1n) is 9.61. The van der Waals surface area contributed by atoms with E-state index in [1.165, 1.54) is 0 Å². The standard InChI is InChI=1S/C20H28N4O4S/c1-14(2)9-10-21-19(27)23-17(25)13-29-20-22-16-8-5-4-7-15(16)18(26)24(20)11-6-12-28-3/h4-5,7-8,14H,6,9-13H2,1-3H3,(H2,21,23,25,27). The maximum absolute atomic E-state index is 12.8. The summed E-state index contributed by atoms with van der Waals surface area (Å²) in [6.45, 7) is 5.58. The molecule has 0 aliphatic heterocycles. The van der Waals surface area contributed by atoms with Crippen molar-refractivity contribution < 1.29 is 14.3 Å². The highest BCUT2D eigenvalue weighted by Crippen LogP contribution is 2.18. The summed E-state index contributed by atoms with van der Waals surface area (Å²) in [5, 5.41) is 5.94. The third kappa shape index (κ3) is 7.17. The van der Waals surface area contributed by atoms with Crippen LogP contribution in [0.5, 0.6) is 0 Å². The van der Waals surface area contributed by atoms with Gasteiger partial charge in [-0.15, -0.1) is 0 Å². The minimum atomic E-state index is -0.514. The van der Waals surface area contributed by atoms with Crippen molar-refractivity contribution in [3.05, 3.63) is 34.6 Å². The van der Waals surface area contributed by atoms with Crippen molar-refractivity contribution in [2.24, 2.45) is 5.92 Å². The molecule has 0 spiro atoms. The molecule has 29 heavy (non-hydrogen) atoms. The minimum Gasteiger partial charge on any atom is -0.385 e. The summed E-state index contributed by atoms with van der Waals surface area (Å²) in [4.78, 5) is 41.3. The van der Waals surface area contributed by atoms with Gasteiger partial charge in [-0.25, -0.2) is 9.78 Å². The van der Waals surface area contributed by atoms with Crippen LogP contribution in [0.3, 0.4) is 0 Å². The van der Waals surface area contributed by atoms with Crippen molar-refractivity contribution in [1.82, 2.24) is 20.2 Å². The number of ether oxygens (including phenoxy) is 1. The zero-order chi connectivity index (χ0) is 21.2. The molecule has 8 nitrogen and oxygen atoms in total. The van der Waals surface area contributed by atoms with Gasteiger partial charge in [0.25, 0.3) is 5.56 Å². The van der Waals surface area contributed by atoms with Crippen LogP contribution in [0.1, 0.15) is 26.7 Å². The molecule has 0 fully saturated rings. The number of methoxy groups -OCH3 is 1. The topological polar surface area (TPSA) is 102 Å². The molecule has 0 saturated heterocycles. The fourth-order valence-corrected chi connectivity index (χ4v) is 3.46. The molecule has 0 radical (unpaired) electrons. The Balaban J connectivity index is 2.05. The molecule has 3 amide bonds. The number of aromatic nitrogens is 2. The number of para-hydroxylation sites is 1. The molecule has 2 aromatic rings. The number of amides is 3. The second kappa shape index (κ2) is 11.6. The molecule has 0 aliphatic rings. The van der Waals surface area contributed by atoms with E-state index in [1.54, 1.807) is 29.9 Å². The molecule has 1 aromatic heterocycles. The Morgan fingerprint density at radius 1 is 1.28 bits per heavy atom.